The van der Waals surface area contributed by atoms with Crippen molar-refractivity contribution in [2.75, 3.05) is 19.6 Å². The molecule has 1 saturated heterocycles. The number of amides is 1. The van der Waals surface area contributed by atoms with Gasteiger partial charge in [-0.3, -0.25) is 4.79 Å². The molecule has 2 heterocycles. The van der Waals surface area contributed by atoms with Crippen LogP contribution >= 0.6 is 12.4 Å². The minimum Gasteiger partial charge on any atom is -0.356 e. The first kappa shape index (κ1) is 15.8. The minimum atomic E-state index is 0. The number of nitrogens with zero attached hydrogens (tertiary/aromatic N) is 1. The second-order valence-corrected chi connectivity index (χ2v) is 5.30. The van der Waals surface area contributed by atoms with E-state index < -0.39 is 0 Å². The predicted molar refractivity (Wildman–Crippen MR) is 83.6 cm³/mol. The average molecular weight is 310 g/mol. The van der Waals surface area contributed by atoms with Gasteiger partial charge in [0.1, 0.15) is 5.69 Å². The molecule has 0 aliphatic carbocycles. The molecule has 6 heteroatoms. The number of nitrogens with one attached hydrogen (secondary N) is 2. The first-order valence-electron chi connectivity index (χ1n) is 7.13. The third-order valence-electron chi connectivity index (χ3n) is 3.82. The highest BCUT2D eigenvalue weighted by atomic mass is 35.5. The molecule has 114 valence electrons. The van der Waals surface area contributed by atoms with E-state index in [4.69, 9.17) is 4.52 Å². The zero-order valence-corrected chi connectivity index (χ0v) is 12.6. The van der Waals surface area contributed by atoms with Crippen molar-refractivity contribution < 1.29 is 9.32 Å². The molecular weight excluding hydrogens is 290 g/mol. The van der Waals surface area contributed by atoms with Crippen molar-refractivity contribution in [3.05, 3.63) is 30.0 Å². The number of carbonyl (C=O) groups is 1. The number of rotatable bonds is 5. The molecule has 1 atom stereocenters. The van der Waals surface area contributed by atoms with Gasteiger partial charge in [-0.15, -0.1) is 12.4 Å². The molecule has 3 rings (SSSR count). The quantitative estimate of drug-likeness (QED) is 0.885. The van der Waals surface area contributed by atoms with E-state index in [1.807, 2.05) is 24.3 Å². The van der Waals surface area contributed by atoms with Crippen LogP contribution in [-0.2, 0) is 11.2 Å². The van der Waals surface area contributed by atoms with Gasteiger partial charge in [-0.05, 0) is 44.0 Å². The summed E-state index contributed by atoms with van der Waals surface area (Å²) in [5.74, 6) is 0.707. The van der Waals surface area contributed by atoms with Crippen molar-refractivity contribution in [1.29, 1.82) is 0 Å². The Balaban J connectivity index is 0.00000161. The van der Waals surface area contributed by atoms with E-state index in [9.17, 15) is 4.79 Å². The lowest BCUT2D eigenvalue weighted by Crippen LogP contribution is -2.28. The molecule has 5 nitrogen and oxygen atoms in total. The monoisotopic (exact) mass is 309 g/mol. The van der Waals surface area contributed by atoms with E-state index >= 15 is 0 Å². The van der Waals surface area contributed by atoms with E-state index in [0.29, 0.717) is 11.6 Å². The van der Waals surface area contributed by atoms with Crippen LogP contribution in [0.2, 0.25) is 0 Å². The summed E-state index contributed by atoms with van der Waals surface area (Å²) in [6, 6.07) is 7.61. The molecule has 1 aromatic heterocycles. The smallest absolute Gasteiger partial charge is 0.226 e. The van der Waals surface area contributed by atoms with E-state index in [1.165, 1.54) is 6.42 Å². The Labute approximate surface area is 129 Å². The van der Waals surface area contributed by atoms with Crippen LogP contribution in [0.25, 0.3) is 11.0 Å². The number of aromatic nitrogens is 1. The van der Waals surface area contributed by atoms with Gasteiger partial charge in [0.2, 0.25) is 5.91 Å². The van der Waals surface area contributed by atoms with Gasteiger partial charge in [0.05, 0.1) is 6.42 Å². The van der Waals surface area contributed by atoms with Gasteiger partial charge >= 0.3 is 0 Å². The lowest BCUT2D eigenvalue weighted by molar-refractivity contribution is -0.120. The van der Waals surface area contributed by atoms with Crippen LogP contribution in [0, 0.1) is 5.92 Å². The molecule has 0 radical (unpaired) electrons. The molecule has 0 bridgehead atoms. The van der Waals surface area contributed by atoms with Gasteiger partial charge in [-0.1, -0.05) is 17.3 Å². The molecule has 1 unspecified atom stereocenters. The standard InChI is InChI=1S/C15H19N3O2.ClH/c19-15(17-8-6-11-5-7-16-10-11)9-13-12-3-1-2-4-14(12)20-18-13;/h1-4,11,16H,5-10H2,(H,17,19);1H. The van der Waals surface area contributed by atoms with Gasteiger partial charge in [-0.2, -0.15) is 0 Å². The Kier molecular flexibility index (Phi) is 5.59. The van der Waals surface area contributed by atoms with E-state index in [0.717, 1.165) is 37.0 Å². The van der Waals surface area contributed by atoms with Crippen molar-refractivity contribution in [3.63, 3.8) is 0 Å². The SMILES string of the molecule is Cl.O=C(Cc1noc2ccccc12)NCCC1CCNC1. The van der Waals surface area contributed by atoms with E-state index in [2.05, 4.69) is 15.8 Å². The number of para-hydroxylation sites is 1. The van der Waals surface area contributed by atoms with Crippen LogP contribution in [0.4, 0.5) is 0 Å². The Morgan fingerprint density at radius 1 is 1.43 bits per heavy atom. The highest BCUT2D eigenvalue weighted by molar-refractivity contribution is 5.86. The molecule has 1 fully saturated rings. The average Bonchev–Trinajstić information content (AvgIpc) is 3.09. The normalized spacial score (nSPS) is 17.6. The Bertz CT molecular complexity index is 593. The molecule has 21 heavy (non-hydrogen) atoms. The summed E-state index contributed by atoms with van der Waals surface area (Å²) >= 11 is 0. The summed E-state index contributed by atoms with van der Waals surface area (Å²) in [7, 11) is 0. The fourth-order valence-corrected chi connectivity index (χ4v) is 2.66. The molecule has 0 spiro atoms. The number of hydrogen-bond donors (Lipinski definition) is 2. The second-order valence-electron chi connectivity index (χ2n) is 5.30. The molecule has 1 aliphatic rings. The topological polar surface area (TPSA) is 67.2 Å². The molecule has 1 amide bonds. The first-order valence-corrected chi connectivity index (χ1v) is 7.13. The van der Waals surface area contributed by atoms with E-state index in [1.54, 1.807) is 0 Å². The number of carbonyl (C=O) groups excluding carboxylic acids is 1. The van der Waals surface area contributed by atoms with Crippen LogP contribution in [0.1, 0.15) is 18.5 Å². The predicted octanol–water partition coefficient (Wildman–Crippen LogP) is 1.91. The van der Waals surface area contributed by atoms with Gasteiger partial charge in [-0.25, -0.2) is 0 Å². The zero-order valence-electron chi connectivity index (χ0n) is 11.8. The molecule has 0 saturated carbocycles. The number of benzene rings is 1. The molecule has 2 N–H and O–H groups in total. The van der Waals surface area contributed by atoms with E-state index in [-0.39, 0.29) is 24.7 Å². The number of hydrogen-bond acceptors (Lipinski definition) is 4. The van der Waals surface area contributed by atoms with Gasteiger partial charge in [0.15, 0.2) is 5.58 Å². The molecular formula is C15H20ClN3O2. The minimum absolute atomic E-state index is 0. The molecule has 2 aromatic rings. The maximum Gasteiger partial charge on any atom is 0.226 e. The highest BCUT2D eigenvalue weighted by Crippen LogP contribution is 2.18. The fourth-order valence-electron chi connectivity index (χ4n) is 2.66. The molecule has 1 aliphatic heterocycles. The van der Waals surface area contributed by atoms with Crippen molar-refractivity contribution in [2.24, 2.45) is 5.92 Å². The lowest BCUT2D eigenvalue weighted by atomic mass is 10.1. The Morgan fingerprint density at radius 3 is 3.10 bits per heavy atom. The van der Waals surface area contributed by atoms with Gasteiger partial charge in [0.25, 0.3) is 0 Å². The summed E-state index contributed by atoms with van der Waals surface area (Å²) in [6.07, 6.45) is 2.53. The van der Waals surface area contributed by atoms with Crippen molar-refractivity contribution in [1.82, 2.24) is 15.8 Å². The maximum atomic E-state index is 11.9. The zero-order chi connectivity index (χ0) is 13.8. The van der Waals surface area contributed by atoms with Crippen LogP contribution in [-0.4, -0.2) is 30.7 Å². The second kappa shape index (κ2) is 7.43. The largest absolute Gasteiger partial charge is 0.356 e. The van der Waals surface area contributed by atoms with Crippen molar-refractivity contribution >= 4 is 29.3 Å². The van der Waals surface area contributed by atoms with Gasteiger partial charge < -0.3 is 15.2 Å². The fraction of sp³-hybridized carbons (Fsp3) is 0.467. The molecule has 1 aromatic carbocycles. The Morgan fingerprint density at radius 2 is 2.29 bits per heavy atom. The van der Waals surface area contributed by atoms with Crippen molar-refractivity contribution in [2.45, 2.75) is 19.3 Å². The van der Waals surface area contributed by atoms with Crippen LogP contribution in [0.5, 0.6) is 0 Å². The summed E-state index contributed by atoms with van der Waals surface area (Å²) < 4.78 is 5.20. The Hall–Kier alpha value is -1.59. The summed E-state index contributed by atoms with van der Waals surface area (Å²) in [5.41, 5.74) is 1.44. The summed E-state index contributed by atoms with van der Waals surface area (Å²) in [6.45, 7) is 2.91. The van der Waals surface area contributed by atoms with Crippen LogP contribution < -0.4 is 10.6 Å². The van der Waals surface area contributed by atoms with Crippen LogP contribution in [0.15, 0.2) is 28.8 Å². The highest BCUT2D eigenvalue weighted by Gasteiger charge is 2.15. The number of fused-ring (bicyclic) bond motifs is 1. The third-order valence-corrected chi connectivity index (χ3v) is 3.82. The lowest BCUT2D eigenvalue weighted by Gasteiger charge is -2.08. The van der Waals surface area contributed by atoms with Crippen LogP contribution in [0.3, 0.4) is 0 Å². The summed E-state index contributed by atoms with van der Waals surface area (Å²) in [5, 5.41) is 11.2. The van der Waals surface area contributed by atoms with Gasteiger partial charge in [0, 0.05) is 11.9 Å². The van der Waals surface area contributed by atoms with Crippen molar-refractivity contribution in [3.8, 4) is 0 Å². The first-order chi connectivity index (χ1) is 9.83. The maximum absolute atomic E-state index is 11.9. The third kappa shape index (κ3) is 3.95. The summed E-state index contributed by atoms with van der Waals surface area (Å²) in [4.78, 5) is 11.9. The number of halogens is 1.